The number of anilines is 1. The molecular weight excluding hydrogens is 206 g/mol. The topological polar surface area (TPSA) is 48.7 Å². The Kier molecular flexibility index (Phi) is 4.99. The Hall–Kier alpha value is -1.21. The second-order valence-corrected chi connectivity index (χ2v) is 4.58. The summed E-state index contributed by atoms with van der Waals surface area (Å²) in [5.41, 5.74) is 0.595. The molecule has 0 aliphatic carbocycles. The first kappa shape index (κ1) is 11.9. The van der Waals surface area contributed by atoms with Gasteiger partial charge in [-0.1, -0.05) is 6.92 Å². The van der Waals surface area contributed by atoms with Crippen LogP contribution in [0.2, 0.25) is 0 Å². The standard InChI is InChI=1S/C11H15N3S/c1-9(15-2)5-6-13-11-4-3-10(7-12)8-14-11/h3-4,8-9H,5-6H2,1-2H3,(H,13,14). The third-order valence-corrected chi connectivity index (χ3v) is 3.19. The van der Waals surface area contributed by atoms with Gasteiger partial charge in [0.1, 0.15) is 11.9 Å². The fourth-order valence-electron chi connectivity index (χ4n) is 1.09. The van der Waals surface area contributed by atoms with E-state index < -0.39 is 0 Å². The molecule has 0 aliphatic rings. The van der Waals surface area contributed by atoms with Crippen LogP contribution in [-0.2, 0) is 0 Å². The van der Waals surface area contributed by atoms with Crippen LogP contribution in [0.5, 0.6) is 0 Å². The van der Waals surface area contributed by atoms with E-state index in [1.165, 1.54) is 0 Å². The van der Waals surface area contributed by atoms with Crippen LogP contribution >= 0.6 is 11.8 Å². The van der Waals surface area contributed by atoms with Crippen molar-refractivity contribution < 1.29 is 0 Å². The molecule has 3 nitrogen and oxygen atoms in total. The number of thioether (sulfide) groups is 1. The summed E-state index contributed by atoms with van der Waals surface area (Å²) in [4.78, 5) is 4.13. The fourth-order valence-corrected chi connectivity index (χ4v) is 1.44. The van der Waals surface area contributed by atoms with Gasteiger partial charge in [0.25, 0.3) is 0 Å². The first-order valence-corrected chi connectivity index (χ1v) is 6.18. The van der Waals surface area contributed by atoms with Gasteiger partial charge in [0.15, 0.2) is 0 Å². The van der Waals surface area contributed by atoms with E-state index in [1.807, 2.05) is 23.9 Å². The van der Waals surface area contributed by atoms with Crippen molar-refractivity contribution in [2.24, 2.45) is 0 Å². The van der Waals surface area contributed by atoms with Crippen molar-refractivity contribution in [1.29, 1.82) is 5.26 Å². The number of hydrogen-bond donors (Lipinski definition) is 1. The highest BCUT2D eigenvalue weighted by Crippen LogP contribution is 2.10. The average molecular weight is 221 g/mol. The Labute approximate surface area is 94.9 Å². The molecule has 0 fully saturated rings. The van der Waals surface area contributed by atoms with Crippen molar-refractivity contribution in [2.45, 2.75) is 18.6 Å². The lowest BCUT2D eigenvalue weighted by Crippen LogP contribution is -2.08. The maximum atomic E-state index is 8.60. The SMILES string of the molecule is CSC(C)CCNc1ccc(C#N)cn1. The van der Waals surface area contributed by atoms with Crippen LogP contribution < -0.4 is 5.32 Å². The Bertz CT molecular complexity index is 329. The van der Waals surface area contributed by atoms with Gasteiger partial charge in [-0.05, 0) is 24.8 Å². The van der Waals surface area contributed by atoms with Crippen molar-refractivity contribution in [3.05, 3.63) is 23.9 Å². The largest absolute Gasteiger partial charge is 0.370 e. The van der Waals surface area contributed by atoms with Crippen LogP contribution in [0.25, 0.3) is 0 Å². The zero-order valence-corrected chi connectivity index (χ0v) is 9.84. The normalized spacial score (nSPS) is 11.8. The van der Waals surface area contributed by atoms with E-state index in [1.54, 1.807) is 12.3 Å². The van der Waals surface area contributed by atoms with Crippen molar-refractivity contribution in [3.63, 3.8) is 0 Å². The minimum Gasteiger partial charge on any atom is -0.370 e. The van der Waals surface area contributed by atoms with Gasteiger partial charge in [-0.2, -0.15) is 17.0 Å². The van der Waals surface area contributed by atoms with Gasteiger partial charge in [-0.3, -0.25) is 0 Å². The molecule has 80 valence electrons. The van der Waals surface area contributed by atoms with E-state index in [9.17, 15) is 0 Å². The Balaban J connectivity index is 2.35. The van der Waals surface area contributed by atoms with Gasteiger partial charge in [0.2, 0.25) is 0 Å². The molecule has 1 atom stereocenters. The molecule has 0 saturated carbocycles. The summed E-state index contributed by atoms with van der Waals surface area (Å²) in [6, 6.07) is 5.65. The molecule has 4 heteroatoms. The maximum absolute atomic E-state index is 8.60. The molecular formula is C11H15N3S. The van der Waals surface area contributed by atoms with Crippen LogP contribution in [-0.4, -0.2) is 23.0 Å². The van der Waals surface area contributed by atoms with Gasteiger partial charge < -0.3 is 5.32 Å². The molecule has 0 amide bonds. The zero-order chi connectivity index (χ0) is 11.1. The molecule has 0 aliphatic heterocycles. The summed E-state index contributed by atoms with van der Waals surface area (Å²) >= 11 is 1.86. The Morgan fingerprint density at radius 3 is 2.93 bits per heavy atom. The predicted octanol–water partition coefficient (Wildman–Crippen LogP) is 2.51. The van der Waals surface area contributed by atoms with Gasteiger partial charge in [-0.25, -0.2) is 4.98 Å². The van der Waals surface area contributed by atoms with Crippen LogP contribution in [0.15, 0.2) is 18.3 Å². The smallest absolute Gasteiger partial charge is 0.125 e. The number of nitrogens with one attached hydrogen (secondary N) is 1. The molecule has 1 N–H and O–H groups in total. The third-order valence-electron chi connectivity index (χ3n) is 2.15. The second kappa shape index (κ2) is 6.31. The quantitative estimate of drug-likeness (QED) is 0.830. The van der Waals surface area contributed by atoms with Crippen molar-refractivity contribution in [3.8, 4) is 6.07 Å². The maximum Gasteiger partial charge on any atom is 0.125 e. The van der Waals surface area contributed by atoms with Gasteiger partial charge in [0, 0.05) is 18.0 Å². The molecule has 1 rings (SSSR count). The van der Waals surface area contributed by atoms with Crippen molar-refractivity contribution in [2.75, 3.05) is 18.1 Å². The summed E-state index contributed by atoms with van der Waals surface area (Å²) in [6.07, 6.45) is 4.81. The first-order valence-electron chi connectivity index (χ1n) is 4.89. The monoisotopic (exact) mass is 221 g/mol. The summed E-state index contributed by atoms with van der Waals surface area (Å²) < 4.78 is 0. The molecule has 1 heterocycles. The number of nitriles is 1. The highest BCUT2D eigenvalue weighted by Gasteiger charge is 1.99. The molecule has 0 aromatic carbocycles. The highest BCUT2D eigenvalue weighted by molar-refractivity contribution is 7.99. The molecule has 1 unspecified atom stereocenters. The van der Waals surface area contributed by atoms with Crippen LogP contribution in [0, 0.1) is 11.3 Å². The minimum absolute atomic E-state index is 0.595. The summed E-state index contributed by atoms with van der Waals surface area (Å²) in [6.45, 7) is 3.12. The number of hydrogen-bond acceptors (Lipinski definition) is 4. The zero-order valence-electron chi connectivity index (χ0n) is 9.03. The summed E-state index contributed by atoms with van der Waals surface area (Å²) in [5.74, 6) is 0.835. The molecule has 0 radical (unpaired) electrons. The van der Waals surface area contributed by atoms with E-state index in [0.29, 0.717) is 10.8 Å². The second-order valence-electron chi connectivity index (χ2n) is 3.31. The first-order chi connectivity index (χ1) is 7.26. The number of aromatic nitrogens is 1. The van der Waals surface area contributed by atoms with E-state index in [0.717, 1.165) is 18.8 Å². The average Bonchev–Trinajstić information content (AvgIpc) is 2.29. The van der Waals surface area contributed by atoms with E-state index in [-0.39, 0.29) is 0 Å². The highest BCUT2D eigenvalue weighted by atomic mass is 32.2. The molecule has 1 aromatic rings. The van der Waals surface area contributed by atoms with Crippen LogP contribution in [0.1, 0.15) is 18.9 Å². The molecule has 15 heavy (non-hydrogen) atoms. The van der Waals surface area contributed by atoms with Gasteiger partial charge >= 0.3 is 0 Å². The summed E-state index contributed by atoms with van der Waals surface area (Å²) in [7, 11) is 0. The number of rotatable bonds is 5. The van der Waals surface area contributed by atoms with Gasteiger partial charge in [-0.15, -0.1) is 0 Å². The molecule has 1 aromatic heterocycles. The lowest BCUT2D eigenvalue weighted by atomic mass is 10.3. The van der Waals surface area contributed by atoms with Crippen molar-refractivity contribution in [1.82, 2.24) is 4.98 Å². The van der Waals surface area contributed by atoms with E-state index >= 15 is 0 Å². The van der Waals surface area contributed by atoms with Crippen LogP contribution in [0.3, 0.4) is 0 Å². The van der Waals surface area contributed by atoms with Gasteiger partial charge in [0.05, 0.1) is 5.56 Å². The Morgan fingerprint density at radius 2 is 2.40 bits per heavy atom. The predicted molar refractivity (Wildman–Crippen MR) is 65.0 cm³/mol. The minimum atomic E-state index is 0.595. The lowest BCUT2D eigenvalue weighted by Gasteiger charge is -2.09. The number of nitrogens with zero attached hydrogens (tertiary/aromatic N) is 2. The van der Waals surface area contributed by atoms with Crippen LogP contribution in [0.4, 0.5) is 5.82 Å². The van der Waals surface area contributed by atoms with Crippen molar-refractivity contribution >= 4 is 17.6 Å². The third kappa shape index (κ3) is 4.22. The summed E-state index contributed by atoms with van der Waals surface area (Å²) in [5, 5.41) is 12.5. The molecule has 0 spiro atoms. The lowest BCUT2D eigenvalue weighted by molar-refractivity contribution is 0.850. The van der Waals surface area contributed by atoms with E-state index in [2.05, 4.69) is 23.5 Å². The van der Waals surface area contributed by atoms with E-state index in [4.69, 9.17) is 5.26 Å². The molecule has 0 bridgehead atoms. The fraction of sp³-hybridized carbons (Fsp3) is 0.455. The Morgan fingerprint density at radius 1 is 1.60 bits per heavy atom. The number of pyridine rings is 1. The molecule has 0 saturated heterocycles.